The zero-order chi connectivity index (χ0) is 15.5. The Kier molecular flexibility index (Phi) is 4.67. The van der Waals surface area contributed by atoms with Gasteiger partial charge in [-0.25, -0.2) is 0 Å². The fourth-order valence-corrected chi connectivity index (χ4v) is 3.56. The van der Waals surface area contributed by atoms with Crippen molar-refractivity contribution in [1.29, 1.82) is 0 Å². The Morgan fingerprint density at radius 3 is 2.68 bits per heavy atom. The molecule has 0 saturated carbocycles. The van der Waals surface area contributed by atoms with Crippen molar-refractivity contribution in [1.82, 2.24) is 10.2 Å². The molecule has 2 fully saturated rings. The second kappa shape index (κ2) is 6.69. The van der Waals surface area contributed by atoms with Gasteiger partial charge in [-0.2, -0.15) is 0 Å². The Bertz CT molecular complexity index is 498. The topological polar surface area (TPSA) is 41.6 Å². The summed E-state index contributed by atoms with van der Waals surface area (Å²) >= 11 is 0. The molecule has 4 nitrogen and oxygen atoms in total. The predicted octanol–water partition coefficient (Wildman–Crippen LogP) is 2.54. The van der Waals surface area contributed by atoms with Crippen LogP contribution >= 0.6 is 0 Å². The average molecular weight is 302 g/mol. The van der Waals surface area contributed by atoms with Crippen molar-refractivity contribution >= 4 is 5.91 Å². The van der Waals surface area contributed by atoms with Gasteiger partial charge in [-0.1, -0.05) is 26.0 Å². The van der Waals surface area contributed by atoms with Crippen LogP contribution < -0.4 is 10.1 Å². The fourth-order valence-electron chi connectivity index (χ4n) is 3.56. The van der Waals surface area contributed by atoms with Crippen LogP contribution in [0.25, 0.3) is 0 Å². The van der Waals surface area contributed by atoms with E-state index in [4.69, 9.17) is 4.74 Å². The number of hydrogen-bond donors (Lipinski definition) is 1. The summed E-state index contributed by atoms with van der Waals surface area (Å²) < 4.78 is 5.71. The van der Waals surface area contributed by atoms with Gasteiger partial charge >= 0.3 is 0 Å². The monoisotopic (exact) mass is 302 g/mol. The minimum absolute atomic E-state index is 0.129. The van der Waals surface area contributed by atoms with Crippen LogP contribution in [-0.4, -0.2) is 42.6 Å². The van der Waals surface area contributed by atoms with E-state index in [9.17, 15) is 4.79 Å². The third-order valence-electron chi connectivity index (χ3n) is 4.85. The number of benzene rings is 1. The summed E-state index contributed by atoms with van der Waals surface area (Å²) in [5.74, 6) is 1.41. The summed E-state index contributed by atoms with van der Waals surface area (Å²) in [7, 11) is 0. The van der Waals surface area contributed by atoms with Gasteiger partial charge in [-0.3, -0.25) is 4.79 Å². The van der Waals surface area contributed by atoms with Gasteiger partial charge in [0.05, 0.1) is 0 Å². The van der Waals surface area contributed by atoms with E-state index in [1.165, 1.54) is 5.56 Å². The van der Waals surface area contributed by atoms with Gasteiger partial charge in [0.15, 0.2) is 6.61 Å². The fraction of sp³-hybridized carbons (Fsp3) is 0.611. The smallest absolute Gasteiger partial charge is 0.261 e. The van der Waals surface area contributed by atoms with E-state index in [2.05, 4.69) is 36.2 Å². The minimum Gasteiger partial charge on any atom is -0.484 e. The lowest BCUT2D eigenvalue weighted by molar-refractivity contribution is -0.136. The number of hydrogen-bond acceptors (Lipinski definition) is 3. The highest BCUT2D eigenvalue weighted by Crippen LogP contribution is 2.28. The molecule has 0 spiro atoms. The quantitative estimate of drug-likeness (QED) is 0.929. The maximum Gasteiger partial charge on any atom is 0.261 e. The standard InChI is InChI=1S/C18H26N2O2/c1-13(2)14-3-7-17(8-4-14)22-12-18(21)20-15-5-6-16(20)11-19-10-9-15/h3-4,7-8,13,15-16,19H,5-6,9-12H2,1-2H3. The lowest BCUT2D eigenvalue weighted by atomic mass is 10.0. The zero-order valence-electron chi connectivity index (χ0n) is 13.5. The average Bonchev–Trinajstić information content (AvgIpc) is 2.78. The summed E-state index contributed by atoms with van der Waals surface area (Å²) in [6.07, 6.45) is 3.32. The van der Waals surface area contributed by atoms with Crippen molar-refractivity contribution in [3.05, 3.63) is 29.8 Å². The molecule has 2 aliphatic rings. The second-order valence-electron chi connectivity index (χ2n) is 6.69. The van der Waals surface area contributed by atoms with E-state index in [1.807, 2.05) is 12.1 Å². The Morgan fingerprint density at radius 1 is 1.23 bits per heavy atom. The lowest BCUT2D eigenvalue weighted by Crippen LogP contribution is -2.44. The molecule has 2 aliphatic heterocycles. The summed E-state index contributed by atoms with van der Waals surface area (Å²) in [4.78, 5) is 14.6. The number of nitrogens with one attached hydrogen (secondary N) is 1. The van der Waals surface area contributed by atoms with Gasteiger partial charge in [-0.15, -0.1) is 0 Å². The summed E-state index contributed by atoms with van der Waals surface area (Å²) in [5, 5.41) is 3.42. The lowest BCUT2D eigenvalue weighted by Gasteiger charge is -2.27. The first-order chi connectivity index (χ1) is 10.6. The van der Waals surface area contributed by atoms with Crippen molar-refractivity contribution in [2.45, 2.75) is 51.1 Å². The molecular weight excluding hydrogens is 276 g/mol. The van der Waals surface area contributed by atoms with Crippen LogP contribution in [0, 0.1) is 0 Å². The van der Waals surface area contributed by atoms with Crippen molar-refractivity contribution < 1.29 is 9.53 Å². The number of amides is 1. The minimum atomic E-state index is 0.129. The highest BCUT2D eigenvalue weighted by Gasteiger charge is 2.37. The van der Waals surface area contributed by atoms with Gasteiger partial charge in [0.25, 0.3) is 5.91 Å². The third kappa shape index (κ3) is 3.27. The highest BCUT2D eigenvalue weighted by atomic mass is 16.5. The molecule has 1 aromatic carbocycles. The van der Waals surface area contributed by atoms with Crippen LogP contribution in [-0.2, 0) is 4.79 Å². The molecule has 2 atom stereocenters. The molecule has 1 aromatic rings. The molecular formula is C18H26N2O2. The second-order valence-corrected chi connectivity index (χ2v) is 6.69. The third-order valence-corrected chi connectivity index (χ3v) is 4.85. The van der Waals surface area contributed by atoms with Gasteiger partial charge in [0.2, 0.25) is 0 Å². The van der Waals surface area contributed by atoms with Gasteiger partial charge in [-0.05, 0) is 49.4 Å². The first-order valence-electron chi connectivity index (χ1n) is 8.40. The normalized spacial score (nSPS) is 24.4. The van der Waals surface area contributed by atoms with Crippen LogP contribution in [0.2, 0.25) is 0 Å². The van der Waals surface area contributed by atoms with E-state index in [0.717, 1.165) is 38.1 Å². The molecule has 2 heterocycles. The predicted molar refractivity (Wildman–Crippen MR) is 87.2 cm³/mol. The van der Waals surface area contributed by atoms with Gasteiger partial charge in [0, 0.05) is 18.6 Å². The zero-order valence-corrected chi connectivity index (χ0v) is 13.5. The van der Waals surface area contributed by atoms with E-state index >= 15 is 0 Å². The van der Waals surface area contributed by atoms with E-state index in [-0.39, 0.29) is 12.5 Å². The molecule has 22 heavy (non-hydrogen) atoms. The van der Waals surface area contributed by atoms with E-state index < -0.39 is 0 Å². The molecule has 0 radical (unpaired) electrons. The SMILES string of the molecule is CC(C)c1ccc(OCC(=O)N2C3CCNCC2CC3)cc1. The van der Waals surface area contributed by atoms with Crippen LogP contribution in [0.15, 0.2) is 24.3 Å². The molecule has 2 unspecified atom stereocenters. The number of carbonyl (C=O) groups excluding carboxylic acids is 1. The van der Waals surface area contributed by atoms with E-state index in [0.29, 0.717) is 18.0 Å². The molecule has 1 N–H and O–H groups in total. The molecule has 3 rings (SSSR count). The maximum absolute atomic E-state index is 12.5. The van der Waals surface area contributed by atoms with Crippen LogP contribution in [0.3, 0.4) is 0 Å². The number of carbonyl (C=O) groups is 1. The number of rotatable bonds is 4. The number of ether oxygens (including phenoxy) is 1. The largest absolute Gasteiger partial charge is 0.484 e. The van der Waals surface area contributed by atoms with E-state index in [1.54, 1.807) is 0 Å². The van der Waals surface area contributed by atoms with Gasteiger partial charge in [0.1, 0.15) is 5.75 Å². The van der Waals surface area contributed by atoms with Crippen molar-refractivity contribution in [3.8, 4) is 5.75 Å². The van der Waals surface area contributed by atoms with Gasteiger partial charge < -0.3 is 15.0 Å². The summed E-state index contributed by atoms with van der Waals surface area (Å²) in [6.45, 7) is 6.42. The van der Waals surface area contributed by atoms with Crippen LogP contribution in [0.1, 0.15) is 44.6 Å². The van der Waals surface area contributed by atoms with Crippen molar-refractivity contribution in [2.24, 2.45) is 0 Å². The van der Waals surface area contributed by atoms with Crippen molar-refractivity contribution in [3.63, 3.8) is 0 Å². The summed E-state index contributed by atoms with van der Waals surface area (Å²) in [5.41, 5.74) is 1.29. The number of nitrogens with zero attached hydrogens (tertiary/aromatic N) is 1. The number of fused-ring (bicyclic) bond motifs is 2. The first-order valence-corrected chi connectivity index (χ1v) is 8.40. The maximum atomic E-state index is 12.5. The Labute approximate surface area is 132 Å². The Morgan fingerprint density at radius 2 is 1.95 bits per heavy atom. The molecule has 1 amide bonds. The highest BCUT2D eigenvalue weighted by molar-refractivity contribution is 5.79. The molecule has 4 heteroatoms. The van der Waals surface area contributed by atoms with Crippen LogP contribution in [0.4, 0.5) is 0 Å². The first kappa shape index (κ1) is 15.3. The Balaban J connectivity index is 1.58. The van der Waals surface area contributed by atoms with Crippen molar-refractivity contribution in [2.75, 3.05) is 19.7 Å². The molecule has 2 saturated heterocycles. The molecule has 2 bridgehead atoms. The van der Waals surface area contributed by atoms with Crippen LogP contribution in [0.5, 0.6) is 5.75 Å². The Hall–Kier alpha value is -1.55. The summed E-state index contributed by atoms with van der Waals surface area (Å²) in [6, 6.07) is 8.82. The molecule has 0 aromatic heterocycles. The molecule has 120 valence electrons. The molecule has 0 aliphatic carbocycles.